The number of likely N-dealkylation sites (N-methyl/N-ethyl adjacent to an activating group) is 1. The highest BCUT2D eigenvalue weighted by atomic mass is 16.3. The molecule has 0 rings (SSSR count). The van der Waals surface area contributed by atoms with E-state index >= 15 is 0 Å². The van der Waals surface area contributed by atoms with Gasteiger partial charge < -0.3 is 15.3 Å². The Labute approximate surface area is 99.0 Å². The molecule has 0 spiro atoms. The largest absolute Gasteiger partial charge is 0.387 e. The number of aliphatic hydroxyl groups is 1. The lowest BCUT2D eigenvalue weighted by Crippen LogP contribution is -2.48. The zero-order valence-corrected chi connectivity index (χ0v) is 11.4. The van der Waals surface area contributed by atoms with Gasteiger partial charge in [0.2, 0.25) is 5.91 Å². The second-order valence-corrected chi connectivity index (χ2v) is 5.49. The third-order valence-corrected chi connectivity index (χ3v) is 2.71. The van der Waals surface area contributed by atoms with E-state index in [1.807, 2.05) is 39.8 Å². The van der Waals surface area contributed by atoms with Crippen molar-refractivity contribution in [3.05, 3.63) is 0 Å². The second-order valence-electron chi connectivity index (χ2n) is 5.49. The molecule has 2 unspecified atom stereocenters. The maximum absolute atomic E-state index is 11.7. The van der Waals surface area contributed by atoms with E-state index in [0.29, 0.717) is 19.0 Å². The quantitative estimate of drug-likeness (QED) is 0.706. The van der Waals surface area contributed by atoms with E-state index < -0.39 is 5.60 Å². The number of nitrogens with zero attached hydrogens (tertiary/aromatic N) is 1. The van der Waals surface area contributed by atoms with E-state index in [-0.39, 0.29) is 11.8 Å². The highest BCUT2D eigenvalue weighted by Crippen LogP contribution is 2.10. The second kappa shape index (κ2) is 6.21. The van der Waals surface area contributed by atoms with Gasteiger partial charge in [-0.2, -0.15) is 0 Å². The first kappa shape index (κ1) is 15.4. The summed E-state index contributed by atoms with van der Waals surface area (Å²) >= 11 is 0. The number of hydrogen-bond donors (Lipinski definition) is 2. The maximum Gasteiger partial charge on any atom is 0.223 e. The lowest BCUT2D eigenvalue weighted by molar-refractivity contribution is -0.127. The predicted octanol–water partition coefficient (Wildman–Crippen LogP) is 0.707. The molecular weight excluding hydrogens is 204 g/mol. The molecule has 0 radical (unpaired) electrons. The van der Waals surface area contributed by atoms with E-state index in [2.05, 4.69) is 5.32 Å². The highest BCUT2D eigenvalue weighted by molar-refractivity contribution is 5.78. The van der Waals surface area contributed by atoms with Crippen LogP contribution in [0.3, 0.4) is 0 Å². The van der Waals surface area contributed by atoms with Gasteiger partial charge in [-0.05, 0) is 26.9 Å². The summed E-state index contributed by atoms with van der Waals surface area (Å²) in [4.78, 5) is 13.6. The van der Waals surface area contributed by atoms with Gasteiger partial charge in [0.05, 0.1) is 5.60 Å². The molecule has 2 atom stereocenters. The van der Waals surface area contributed by atoms with Crippen molar-refractivity contribution in [2.24, 2.45) is 11.8 Å². The van der Waals surface area contributed by atoms with Crippen LogP contribution in [0.25, 0.3) is 0 Å². The molecular formula is C12H26N2O2. The number of rotatable bonds is 6. The third-order valence-electron chi connectivity index (χ3n) is 2.71. The number of hydrogen-bond acceptors (Lipinski definition) is 3. The molecule has 16 heavy (non-hydrogen) atoms. The molecule has 1 amide bonds. The van der Waals surface area contributed by atoms with E-state index in [0.717, 1.165) is 0 Å². The molecule has 96 valence electrons. The van der Waals surface area contributed by atoms with Crippen LogP contribution in [0.4, 0.5) is 0 Å². The molecule has 0 aromatic rings. The zero-order valence-electron chi connectivity index (χ0n) is 11.4. The van der Waals surface area contributed by atoms with E-state index in [4.69, 9.17) is 0 Å². The van der Waals surface area contributed by atoms with Crippen LogP contribution in [0.2, 0.25) is 0 Å². The first-order valence-electron chi connectivity index (χ1n) is 5.80. The van der Waals surface area contributed by atoms with Crippen molar-refractivity contribution in [3.8, 4) is 0 Å². The third kappa shape index (κ3) is 6.08. The average Bonchev–Trinajstić information content (AvgIpc) is 2.10. The fourth-order valence-corrected chi connectivity index (χ4v) is 1.48. The van der Waals surface area contributed by atoms with Crippen molar-refractivity contribution in [3.63, 3.8) is 0 Å². The highest BCUT2D eigenvalue weighted by Gasteiger charge is 2.24. The first-order valence-corrected chi connectivity index (χ1v) is 5.80. The Morgan fingerprint density at radius 1 is 1.38 bits per heavy atom. The summed E-state index contributed by atoms with van der Waals surface area (Å²) in [5, 5.41) is 12.8. The minimum Gasteiger partial charge on any atom is -0.387 e. The molecule has 0 aromatic heterocycles. The molecule has 0 bridgehead atoms. The fourth-order valence-electron chi connectivity index (χ4n) is 1.48. The Kier molecular flexibility index (Phi) is 5.97. The summed E-state index contributed by atoms with van der Waals surface area (Å²) in [6.07, 6.45) is 0. The Balaban J connectivity index is 4.09. The molecule has 0 fully saturated rings. The van der Waals surface area contributed by atoms with Gasteiger partial charge in [0.25, 0.3) is 0 Å². The van der Waals surface area contributed by atoms with Gasteiger partial charge in [-0.25, -0.2) is 0 Å². The van der Waals surface area contributed by atoms with Gasteiger partial charge in [0.15, 0.2) is 0 Å². The number of nitrogens with one attached hydrogen (secondary N) is 1. The molecule has 0 saturated carbocycles. The molecule has 0 aromatic carbocycles. The van der Waals surface area contributed by atoms with Crippen molar-refractivity contribution in [2.75, 3.05) is 27.2 Å². The van der Waals surface area contributed by atoms with Crippen LogP contribution in [-0.4, -0.2) is 48.7 Å². The number of amides is 1. The van der Waals surface area contributed by atoms with Crippen LogP contribution in [0.15, 0.2) is 0 Å². The average molecular weight is 230 g/mol. The number of carbonyl (C=O) groups excluding carboxylic acids is 1. The van der Waals surface area contributed by atoms with Gasteiger partial charge >= 0.3 is 0 Å². The van der Waals surface area contributed by atoms with E-state index in [1.54, 1.807) is 6.92 Å². The van der Waals surface area contributed by atoms with Crippen LogP contribution in [-0.2, 0) is 4.79 Å². The molecule has 2 N–H and O–H groups in total. The summed E-state index contributed by atoms with van der Waals surface area (Å²) in [7, 11) is 3.79. The normalized spacial score (nSPS) is 17.3. The molecule has 4 heteroatoms. The standard InChI is InChI=1S/C12H26N2O2/c1-9(2)10(3)11(15)13-7-12(4,16)8-14(5)6/h9-10,16H,7-8H2,1-6H3,(H,13,15). The SMILES string of the molecule is CC(C)C(C)C(=O)NCC(C)(O)CN(C)C. The van der Waals surface area contributed by atoms with Crippen LogP contribution in [0, 0.1) is 11.8 Å². The van der Waals surface area contributed by atoms with Gasteiger partial charge in [0, 0.05) is 19.0 Å². The predicted molar refractivity (Wildman–Crippen MR) is 66.2 cm³/mol. The van der Waals surface area contributed by atoms with Crippen LogP contribution in [0.1, 0.15) is 27.7 Å². The van der Waals surface area contributed by atoms with Crippen molar-refractivity contribution >= 4 is 5.91 Å². The van der Waals surface area contributed by atoms with Gasteiger partial charge in [-0.1, -0.05) is 20.8 Å². The summed E-state index contributed by atoms with van der Waals surface area (Å²) in [5.74, 6) is 0.308. The summed E-state index contributed by atoms with van der Waals surface area (Å²) in [6, 6.07) is 0. The Hall–Kier alpha value is -0.610. The minimum atomic E-state index is -0.879. The van der Waals surface area contributed by atoms with Crippen molar-refractivity contribution in [2.45, 2.75) is 33.3 Å². The molecule has 0 aliphatic heterocycles. The molecule has 0 heterocycles. The lowest BCUT2D eigenvalue weighted by atomic mass is 9.97. The van der Waals surface area contributed by atoms with E-state index in [9.17, 15) is 9.90 Å². The zero-order chi connectivity index (χ0) is 12.9. The molecule has 0 aliphatic rings. The molecule has 4 nitrogen and oxygen atoms in total. The Bertz CT molecular complexity index is 225. The summed E-state index contributed by atoms with van der Waals surface area (Å²) in [6.45, 7) is 8.49. The maximum atomic E-state index is 11.7. The smallest absolute Gasteiger partial charge is 0.223 e. The molecule has 0 saturated heterocycles. The van der Waals surface area contributed by atoms with E-state index in [1.165, 1.54) is 0 Å². The van der Waals surface area contributed by atoms with Crippen LogP contribution in [0.5, 0.6) is 0 Å². The summed E-state index contributed by atoms with van der Waals surface area (Å²) < 4.78 is 0. The first-order chi connectivity index (χ1) is 7.15. The van der Waals surface area contributed by atoms with Gasteiger partial charge in [0.1, 0.15) is 0 Å². The van der Waals surface area contributed by atoms with Crippen LogP contribution < -0.4 is 5.32 Å². The van der Waals surface area contributed by atoms with Crippen molar-refractivity contribution in [1.29, 1.82) is 0 Å². The lowest BCUT2D eigenvalue weighted by Gasteiger charge is -2.28. The Morgan fingerprint density at radius 2 is 1.88 bits per heavy atom. The van der Waals surface area contributed by atoms with Crippen LogP contribution >= 0.6 is 0 Å². The van der Waals surface area contributed by atoms with Gasteiger partial charge in [-0.3, -0.25) is 4.79 Å². The monoisotopic (exact) mass is 230 g/mol. The van der Waals surface area contributed by atoms with Crippen molar-refractivity contribution in [1.82, 2.24) is 10.2 Å². The van der Waals surface area contributed by atoms with Gasteiger partial charge in [-0.15, -0.1) is 0 Å². The number of carbonyl (C=O) groups is 1. The fraction of sp³-hybridized carbons (Fsp3) is 0.917. The topological polar surface area (TPSA) is 52.6 Å². The Morgan fingerprint density at radius 3 is 2.25 bits per heavy atom. The van der Waals surface area contributed by atoms with Crippen molar-refractivity contribution < 1.29 is 9.90 Å². The molecule has 0 aliphatic carbocycles. The minimum absolute atomic E-state index is 0.00836. The summed E-state index contributed by atoms with van der Waals surface area (Å²) in [5.41, 5.74) is -0.879.